The quantitative estimate of drug-likeness (QED) is 0.348. The Kier molecular flexibility index (Phi) is 4.81. The summed E-state index contributed by atoms with van der Waals surface area (Å²) in [6, 6.07) is 24.1. The maximum Gasteiger partial charge on any atom is 0.140 e. The zero-order valence-electron chi connectivity index (χ0n) is 17.4. The molecule has 2 aromatic heterocycles. The molecule has 0 atom stereocenters. The number of H-pyrrole nitrogens is 2. The van der Waals surface area contributed by atoms with E-state index in [1.165, 1.54) is 0 Å². The van der Waals surface area contributed by atoms with Crippen molar-refractivity contribution in [3.05, 3.63) is 84.1 Å². The third-order valence-electron chi connectivity index (χ3n) is 5.62. The van der Waals surface area contributed by atoms with Crippen molar-refractivity contribution in [1.29, 1.82) is 0 Å². The second kappa shape index (κ2) is 7.78. The van der Waals surface area contributed by atoms with Gasteiger partial charge in [-0.15, -0.1) is 0 Å². The maximum atomic E-state index is 9.41. The van der Waals surface area contributed by atoms with Gasteiger partial charge >= 0.3 is 0 Å². The smallest absolute Gasteiger partial charge is 0.140 e. The summed E-state index contributed by atoms with van der Waals surface area (Å²) in [5.41, 5.74) is 7.94. The van der Waals surface area contributed by atoms with E-state index in [0.29, 0.717) is 0 Å². The number of aryl methyl sites for hydroxylation is 1. The Hall–Kier alpha value is -3.83. The van der Waals surface area contributed by atoms with Gasteiger partial charge in [0.25, 0.3) is 0 Å². The molecule has 0 spiro atoms. The van der Waals surface area contributed by atoms with Gasteiger partial charge < -0.3 is 19.8 Å². The normalized spacial score (nSPS) is 11.2. The van der Waals surface area contributed by atoms with Crippen LogP contribution in [0.5, 0.6) is 5.75 Å². The van der Waals surface area contributed by atoms with E-state index >= 15 is 0 Å². The fourth-order valence-electron chi connectivity index (χ4n) is 4.02. The second-order valence-corrected chi connectivity index (χ2v) is 7.56. The summed E-state index contributed by atoms with van der Waals surface area (Å²) in [7, 11) is 1.66. The van der Waals surface area contributed by atoms with E-state index in [1.807, 2.05) is 60.7 Å². The van der Waals surface area contributed by atoms with Crippen LogP contribution in [0, 0.1) is 6.92 Å². The van der Waals surface area contributed by atoms with E-state index < -0.39 is 0 Å². The van der Waals surface area contributed by atoms with Gasteiger partial charge in [0.15, 0.2) is 0 Å². The first kappa shape index (κ1) is 19.2. The third kappa shape index (κ3) is 3.39. The Morgan fingerprint density at radius 3 is 2.29 bits per heavy atom. The lowest BCUT2D eigenvalue weighted by Gasteiger charge is -2.05. The van der Waals surface area contributed by atoms with Crippen molar-refractivity contribution in [3.8, 4) is 39.7 Å². The van der Waals surface area contributed by atoms with Gasteiger partial charge in [-0.25, -0.2) is 4.98 Å². The summed E-state index contributed by atoms with van der Waals surface area (Å²) in [6.07, 6.45) is 0. The van der Waals surface area contributed by atoms with Crippen molar-refractivity contribution in [2.75, 3.05) is 7.11 Å². The van der Waals surface area contributed by atoms with E-state index in [-0.39, 0.29) is 6.61 Å². The fraction of sp³-hybridized carbons (Fsp3) is 0.115. The summed E-state index contributed by atoms with van der Waals surface area (Å²) in [6.45, 7) is 2.09. The minimum absolute atomic E-state index is 0.0222. The van der Waals surface area contributed by atoms with Gasteiger partial charge in [-0.2, -0.15) is 0 Å². The minimum atomic E-state index is 0.0222. The Labute approximate surface area is 180 Å². The van der Waals surface area contributed by atoms with Crippen LogP contribution in [-0.2, 0) is 6.61 Å². The van der Waals surface area contributed by atoms with Crippen molar-refractivity contribution < 1.29 is 9.84 Å². The highest BCUT2D eigenvalue weighted by atomic mass is 16.5. The lowest BCUT2D eigenvalue weighted by Crippen LogP contribution is -1.87. The molecule has 0 unspecified atom stereocenters. The lowest BCUT2D eigenvalue weighted by molar-refractivity contribution is 0.282. The molecule has 0 aliphatic heterocycles. The highest BCUT2D eigenvalue weighted by Gasteiger charge is 2.19. The second-order valence-electron chi connectivity index (χ2n) is 7.56. The van der Waals surface area contributed by atoms with E-state index in [4.69, 9.17) is 9.72 Å². The van der Waals surface area contributed by atoms with Crippen LogP contribution in [0.2, 0.25) is 0 Å². The zero-order chi connectivity index (χ0) is 21.4. The van der Waals surface area contributed by atoms with Crippen molar-refractivity contribution >= 4 is 10.9 Å². The number of hydrogen-bond acceptors (Lipinski definition) is 3. The Balaban J connectivity index is 1.71. The number of rotatable bonds is 5. The van der Waals surface area contributed by atoms with Gasteiger partial charge in [-0.05, 0) is 42.8 Å². The molecule has 31 heavy (non-hydrogen) atoms. The van der Waals surface area contributed by atoms with Crippen LogP contribution in [0.15, 0.2) is 72.8 Å². The molecule has 5 nitrogen and oxygen atoms in total. The van der Waals surface area contributed by atoms with Crippen molar-refractivity contribution in [1.82, 2.24) is 15.0 Å². The van der Waals surface area contributed by atoms with Crippen LogP contribution in [-0.4, -0.2) is 27.2 Å². The third-order valence-corrected chi connectivity index (χ3v) is 5.62. The summed E-state index contributed by atoms with van der Waals surface area (Å²) in [5.74, 6) is 1.63. The topological polar surface area (TPSA) is 73.9 Å². The standard InChI is InChI=1S/C26H23N3O2/c1-16-23(21-5-3-4-6-22(21)27-16)26-28-24(18-9-7-17(15-30)8-10-18)25(29-26)19-11-13-20(31-2)14-12-19/h3-14,27,30H,15H2,1-2H3,(H,28,29). The van der Waals surface area contributed by atoms with Gasteiger partial charge in [0.05, 0.1) is 25.1 Å². The molecular weight excluding hydrogens is 386 g/mol. The Morgan fingerprint density at radius 1 is 0.871 bits per heavy atom. The predicted molar refractivity (Wildman–Crippen MR) is 124 cm³/mol. The molecule has 5 aromatic rings. The average molecular weight is 409 g/mol. The molecule has 0 aliphatic rings. The number of imidazole rings is 1. The number of benzene rings is 3. The van der Waals surface area contributed by atoms with Gasteiger partial charge in [-0.3, -0.25) is 0 Å². The number of para-hydroxylation sites is 1. The van der Waals surface area contributed by atoms with Crippen LogP contribution >= 0.6 is 0 Å². The number of aromatic nitrogens is 3. The van der Waals surface area contributed by atoms with Gasteiger partial charge in [0.1, 0.15) is 11.6 Å². The molecule has 5 heteroatoms. The number of fused-ring (bicyclic) bond motifs is 1. The fourth-order valence-corrected chi connectivity index (χ4v) is 4.02. The van der Waals surface area contributed by atoms with E-state index in [9.17, 15) is 5.11 Å². The molecule has 0 radical (unpaired) electrons. The predicted octanol–water partition coefficient (Wildman–Crippen LogP) is 5.70. The van der Waals surface area contributed by atoms with E-state index in [2.05, 4.69) is 29.0 Å². The van der Waals surface area contributed by atoms with E-state index in [1.54, 1.807) is 7.11 Å². The molecule has 0 saturated carbocycles. The zero-order valence-corrected chi connectivity index (χ0v) is 17.4. The average Bonchev–Trinajstić information content (AvgIpc) is 3.39. The molecule has 0 aliphatic carbocycles. The van der Waals surface area contributed by atoms with Crippen molar-refractivity contribution in [3.63, 3.8) is 0 Å². The van der Waals surface area contributed by atoms with Crippen LogP contribution in [0.4, 0.5) is 0 Å². The number of aliphatic hydroxyl groups excluding tert-OH is 1. The number of aromatic amines is 2. The number of aliphatic hydroxyl groups is 1. The van der Waals surface area contributed by atoms with Gasteiger partial charge in [0, 0.05) is 33.3 Å². The summed E-state index contributed by atoms with van der Waals surface area (Å²) in [4.78, 5) is 12.1. The molecule has 3 N–H and O–H groups in total. The number of ether oxygens (including phenoxy) is 1. The lowest BCUT2D eigenvalue weighted by atomic mass is 10.0. The first-order valence-electron chi connectivity index (χ1n) is 10.2. The van der Waals surface area contributed by atoms with Gasteiger partial charge in [-0.1, -0.05) is 42.5 Å². The van der Waals surface area contributed by atoms with Gasteiger partial charge in [0.2, 0.25) is 0 Å². The first-order chi connectivity index (χ1) is 15.2. The van der Waals surface area contributed by atoms with Crippen LogP contribution in [0.3, 0.4) is 0 Å². The molecule has 154 valence electrons. The molecule has 0 amide bonds. The Morgan fingerprint density at radius 2 is 1.58 bits per heavy atom. The molecular formula is C26H23N3O2. The number of nitrogens with one attached hydrogen (secondary N) is 2. The highest BCUT2D eigenvalue weighted by molar-refractivity contribution is 5.97. The molecule has 0 saturated heterocycles. The molecule has 0 bridgehead atoms. The van der Waals surface area contributed by atoms with E-state index in [0.717, 1.165) is 61.8 Å². The monoisotopic (exact) mass is 409 g/mol. The summed E-state index contributed by atoms with van der Waals surface area (Å²) >= 11 is 0. The molecule has 0 fully saturated rings. The highest BCUT2D eigenvalue weighted by Crippen LogP contribution is 2.37. The van der Waals surface area contributed by atoms with Crippen LogP contribution in [0.25, 0.3) is 44.8 Å². The van der Waals surface area contributed by atoms with Crippen LogP contribution in [0.1, 0.15) is 11.3 Å². The maximum absolute atomic E-state index is 9.41. The summed E-state index contributed by atoms with van der Waals surface area (Å²) < 4.78 is 5.32. The largest absolute Gasteiger partial charge is 0.497 e. The number of nitrogens with zero attached hydrogens (tertiary/aromatic N) is 1. The molecule has 2 heterocycles. The first-order valence-corrected chi connectivity index (χ1v) is 10.2. The Bertz CT molecular complexity index is 1280. The SMILES string of the molecule is COc1ccc(-c2nc(-c3c(C)[nH]c4ccccc34)[nH]c2-c2ccc(CO)cc2)cc1. The number of hydrogen-bond donors (Lipinski definition) is 3. The van der Waals surface area contributed by atoms with Crippen LogP contribution < -0.4 is 4.74 Å². The molecule has 3 aromatic carbocycles. The van der Waals surface area contributed by atoms with Crippen molar-refractivity contribution in [2.24, 2.45) is 0 Å². The minimum Gasteiger partial charge on any atom is -0.497 e. The number of methoxy groups -OCH3 is 1. The summed E-state index contributed by atoms with van der Waals surface area (Å²) in [5, 5.41) is 10.5. The molecule has 5 rings (SSSR count). The van der Waals surface area contributed by atoms with Crippen molar-refractivity contribution in [2.45, 2.75) is 13.5 Å².